The predicted octanol–water partition coefficient (Wildman–Crippen LogP) is 3.62. The fourth-order valence-corrected chi connectivity index (χ4v) is 2.12. The van der Waals surface area contributed by atoms with Crippen molar-refractivity contribution in [2.75, 3.05) is 0 Å². The molecule has 1 heterocycles. The SMILES string of the molecule is CC(C)c1cc(-c2nnco2)ccc1Br. The van der Waals surface area contributed by atoms with E-state index in [0.29, 0.717) is 11.8 Å². The highest BCUT2D eigenvalue weighted by Gasteiger charge is 2.09. The second kappa shape index (κ2) is 4.14. The van der Waals surface area contributed by atoms with E-state index in [1.807, 2.05) is 12.1 Å². The lowest BCUT2D eigenvalue weighted by Crippen LogP contribution is -1.90. The van der Waals surface area contributed by atoms with E-state index in [-0.39, 0.29) is 0 Å². The van der Waals surface area contributed by atoms with Gasteiger partial charge in [0.05, 0.1) is 0 Å². The molecule has 0 saturated carbocycles. The number of rotatable bonds is 2. The zero-order valence-electron chi connectivity index (χ0n) is 8.57. The summed E-state index contributed by atoms with van der Waals surface area (Å²) in [6, 6.07) is 6.04. The maximum Gasteiger partial charge on any atom is 0.247 e. The van der Waals surface area contributed by atoms with Crippen molar-refractivity contribution >= 4 is 15.9 Å². The summed E-state index contributed by atoms with van der Waals surface area (Å²) in [7, 11) is 0. The molecule has 78 valence electrons. The van der Waals surface area contributed by atoms with Crippen LogP contribution in [0.2, 0.25) is 0 Å². The average molecular weight is 267 g/mol. The first kappa shape index (κ1) is 10.4. The summed E-state index contributed by atoms with van der Waals surface area (Å²) in [5, 5.41) is 7.55. The first-order valence-corrected chi connectivity index (χ1v) is 5.54. The van der Waals surface area contributed by atoms with Gasteiger partial charge in [0.25, 0.3) is 0 Å². The van der Waals surface area contributed by atoms with Crippen LogP contribution >= 0.6 is 15.9 Å². The maximum atomic E-state index is 5.16. The van der Waals surface area contributed by atoms with E-state index in [1.165, 1.54) is 12.0 Å². The standard InChI is InChI=1S/C11H11BrN2O/c1-7(2)9-5-8(3-4-10(9)12)11-14-13-6-15-11/h3-7H,1-2H3. The third kappa shape index (κ3) is 2.09. The summed E-state index contributed by atoms with van der Waals surface area (Å²) >= 11 is 3.53. The fourth-order valence-electron chi connectivity index (χ4n) is 1.42. The van der Waals surface area contributed by atoms with E-state index in [4.69, 9.17) is 4.42 Å². The Bertz CT molecular complexity index is 452. The van der Waals surface area contributed by atoms with Gasteiger partial charge in [-0.3, -0.25) is 0 Å². The summed E-state index contributed by atoms with van der Waals surface area (Å²) < 4.78 is 6.27. The van der Waals surface area contributed by atoms with Crippen molar-refractivity contribution in [3.63, 3.8) is 0 Å². The van der Waals surface area contributed by atoms with E-state index in [0.717, 1.165) is 10.0 Å². The van der Waals surface area contributed by atoms with Gasteiger partial charge in [0.1, 0.15) is 0 Å². The Hall–Kier alpha value is -1.16. The number of nitrogens with zero attached hydrogens (tertiary/aromatic N) is 2. The van der Waals surface area contributed by atoms with Gasteiger partial charge in [-0.1, -0.05) is 29.8 Å². The molecule has 15 heavy (non-hydrogen) atoms. The van der Waals surface area contributed by atoms with E-state index >= 15 is 0 Å². The van der Waals surface area contributed by atoms with Gasteiger partial charge in [-0.25, -0.2) is 0 Å². The van der Waals surface area contributed by atoms with Gasteiger partial charge >= 0.3 is 0 Å². The maximum absolute atomic E-state index is 5.16. The summed E-state index contributed by atoms with van der Waals surface area (Å²) in [6.07, 6.45) is 1.34. The second-order valence-electron chi connectivity index (χ2n) is 3.63. The molecule has 0 spiro atoms. The van der Waals surface area contributed by atoms with E-state index in [9.17, 15) is 0 Å². The predicted molar refractivity (Wildman–Crippen MR) is 61.5 cm³/mol. The molecule has 4 heteroatoms. The van der Waals surface area contributed by atoms with Crippen LogP contribution in [0.3, 0.4) is 0 Å². The molecule has 0 atom stereocenters. The molecule has 0 amide bonds. The molecule has 1 aromatic heterocycles. The molecule has 0 saturated heterocycles. The average Bonchev–Trinajstić information content (AvgIpc) is 2.71. The molecule has 2 aromatic rings. The van der Waals surface area contributed by atoms with Crippen molar-refractivity contribution in [3.8, 4) is 11.5 Å². The van der Waals surface area contributed by atoms with Crippen LogP contribution in [0, 0.1) is 0 Å². The van der Waals surface area contributed by atoms with Crippen molar-refractivity contribution in [1.29, 1.82) is 0 Å². The summed E-state index contributed by atoms with van der Waals surface area (Å²) in [5.74, 6) is 1.02. The summed E-state index contributed by atoms with van der Waals surface area (Å²) in [4.78, 5) is 0. The second-order valence-corrected chi connectivity index (χ2v) is 4.49. The molecule has 2 rings (SSSR count). The number of benzene rings is 1. The highest BCUT2D eigenvalue weighted by atomic mass is 79.9. The third-order valence-electron chi connectivity index (χ3n) is 2.22. The molecule has 0 bridgehead atoms. The Labute approximate surface area is 96.7 Å². The van der Waals surface area contributed by atoms with Crippen LogP contribution in [0.4, 0.5) is 0 Å². The van der Waals surface area contributed by atoms with Gasteiger partial charge in [-0.15, -0.1) is 10.2 Å². The first-order chi connectivity index (χ1) is 7.18. The molecule has 1 aromatic carbocycles. The Balaban J connectivity index is 2.48. The monoisotopic (exact) mass is 266 g/mol. The molecule has 0 fully saturated rings. The number of hydrogen-bond acceptors (Lipinski definition) is 3. The first-order valence-electron chi connectivity index (χ1n) is 4.74. The Morgan fingerprint density at radius 2 is 2.13 bits per heavy atom. The van der Waals surface area contributed by atoms with Crippen LogP contribution in [0.1, 0.15) is 25.3 Å². The number of halogens is 1. The lowest BCUT2D eigenvalue weighted by Gasteiger charge is -2.08. The van der Waals surface area contributed by atoms with Crippen molar-refractivity contribution in [2.24, 2.45) is 0 Å². The Morgan fingerprint density at radius 3 is 2.73 bits per heavy atom. The minimum Gasteiger partial charge on any atom is -0.423 e. The van der Waals surface area contributed by atoms with Gasteiger partial charge in [-0.05, 0) is 29.7 Å². The van der Waals surface area contributed by atoms with E-state index in [1.54, 1.807) is 0 Å². The van der Waals surface area contributed by atoms with Crippen LogP contribution < -0.4 is 0 Å². The molecular weight excluding hydrogens is 256 g/mol. The normalized spacial score (nSPS) is 10.9. The van der Waals surface area contributed by atoms with Gasteiger partial charge in [-0.2, -0.15) is 0 Å². The van der Waals surface area contributed by atoms with Crippen molar-refractivity contribution in [1.82, 2.24) is 10.2 Å². The Kier molecular flexibility index (Phi) is 2.86. The smallest absolute Gasteiger partial charge is 0.247 e. The molecule has 0 aliphatic rings. The molecule has 3 nitrogen and oxygen atoms in total. The molecule has 0 unspecified atom stereocenters. The fraction of sp³-hybridized carbons (Fsp3) is 0.273. The number of hydrogen-bond donors (Lipinski definition) is 0. The zero-order chi connectivity index (χ0) is 10.8. The Morgan fingerprint density at radius 1 is 1.33 bits per heavy atom. The quantitative estimate of drug-likeness (QED) is 0.834. The lowest BCUT2D eigenvalue weighted by atomic mass is 10.0. The van der Waals surface area contributed by atoms with Crippen LogP contribution in [0.15, 0.2) is 33.5 Å². The topological polar surface area (TPSA) is 38.9 Å². The minimum atomic E-state index is 0.460. The summed E-state index contributed by atoms with van der Waals surface area (Å²) in [6.45, 7) is 4.30. The van der Waals surface area contributed by atoms with E-state index < -0.39 is 0 Å². The molecule has 0 aliphatic heterocycles. The molecular formula is C11H11BrN2O. The van der Waals surface area contributed by atoms with Gasteiger partial charge in [0.2, 0.25) is 12.3 Å². The highest BCUT2D eigenvalue weighted by molar-refractivity contribution is 9.10. The van der Waals surface area contributed by atoms with Crippen molar-refractivity contribution in [2.45, 2.75) is 19.8 Å². The van der Waals surface area contributed by atoms with E-state index in [2.05, 4.69) is 46.0 Å². The number of aromatic nitrogens is 2. The van der Waals surface area contributed by atoms with Crippen LogP contribution in [0.5, 0.6) is 0 Å². The van der Waals surface area contributed by atoms with Gasteiger partial charge in [0.15, 0.2) is 0 Å². The zero-order valence-corrected chi connectivity index (χ0v) is 10.2. The molecule has 0 N–H and O–H groups in total. The van der Waals surface area contributed by atoms with Crippen molar-refractivity contribution < 1.29 is 4.42 Å². The van der Waals surface area contributed by atoms with Gasteiger partial charge < -0.3 is 4.42 Å². The minimum absolute atomic E-state index is 0.460. The van der Waals surface area contributed by atoms with Crippen LogP contribution in [-0.2, 0) is 0 Å². The van der Waals surface area contributed by atoms with Crippen LogP contribution in [0.25, 0.3) is 11.5 Å². The highest BCUT2D eigenvalue weighted by Crippen LogP contribution is 2.29. The largest absolute Gasteiger partial charge is 0.423 e. The van der Waals surface area contributed by atoms with Crippen molar-refractivity contribution in [3.05, 3.63) is 34.6 Å². The molecule has 0 aliphatic carbocycles. The van der Waals surface area contributed by atoms with Crippen LogP contribution in [-0.4, -0.2) is 10.2 Å². The summed E-state index contributed by atoms with van der Waals surface area (Å²) in [5.41, 5.74) is 2.20. The third-order valence-corrected chi connectivity index (χ3v) is 2.95. The molecule has 0 radical (unpaired) electrons. The van der Waals surface area contributed by atoms with Gasteiger partial charge in [0, 0.05) is 10.0 Å². The lowest BCUT2D eigenvalue weighted by molar-refractivity contribution is 0.568.